The molecule has 0 fully saturated rings. The fraction of sp³-hybridized carbons (Fsp3) is 0.600. The predicted molar refractivity (Wildman–Crippen MR) is 76.8 cm³/mol. The second-order valence-corrected chi connectivity index (χ2v) is 3.65. The molecule has 0 aliphatic carbocycles. The monoisotopic (exact) mass is 337 g/mol. The van der Waals surface area contributed by atoms with Crippen LogP contribution in [0, 0.1) is 0 Å². The zero-order valence-electron chi connectivity index (χ0n) is 9.97. The highest BCUT2D eigenvalue weighted by molar-refractivity contribution is 14.0. The van der Waals surface area contributed by atoms with Gasteiger partial charge in [-0.05, 0) is 13.3 Å². The maximum absolute atomic E-state index is 5.73. The molecule has 16 heavy (non-hydrogen) atoms. The van der Waals surface area contributed by atoms with Crippen LogP contribution in [0.3, 0.4) is 0 Å². The zero-order valence-corrected chi connectivity index (χ0v) is 12.3. The number of hydrogen-bond donors (Lipinski definition) is 2. The first-order valence-corrected chi connectivity index (χ1v) is 5.15. The Labute approximate surface area is 114 Å². The maximum atomic E-state index is 5.73. The zero-order chi connectivity index (χ0) is 11.3. The molecule has 1 aromatic heterocycles. The molecule has 1 aromatic rings. The second kappa shape index (κ2) is 7.48. The third kappa shape index (κ3) is 4.82. The van der Waals surface area contributed by atoms with E-state index in [1.807, 2.05) is 11.6 Å². The summed E-state index contributed by atoms with van der Waals surface area (Å²) < 4.78 is 1.93. The van der Waals surface area contributed by atoms with Gasteiger partial charge in [0.15, 0.2) is 5.96 Å². The van der Waals surface area contributed by atoms with Crippen LogP contribution >= 0.6 is 24.0 Å². The lowest BCUT2D eigenvalue weighted by atomic mass is 10.3. The van der Waals surface area contributed by atoms with E-state index in [0.717, 1.165) is 12.1 Å². The standard InChI is InChI=1S/C10H19N5.HI/c1-4-8(2)14-10(11)13-6-9-5-12-7-15(9)3;/h5,7-8H,4,6H2,1-3H3,(H3,11,13,14);1H. The Morgan fingerprint density at radius 2 is 2.38 bits per heavy atom. The lowest BCUT2D eigenvalue weighted by molar-refractivity contribution is 0.636. The van der Waals surface area contributed by atoms with Crippen LogP contribution in [0.25, 0.3) is 0 Å². The van der Waals surface area contributed by atoms with Crippen LogP contribution in [0.5, 0.6) is 0 Å². The molecule has 92 valence electrons. The average molecular weight is 337 g/mol. The van der Waals surface area contributed by atoms with Crippen LogP contribution in [-0.2, 0) is 13.6 Å². The number of nitrogens with zero attached hydrogens (tertiary/aromatic N) is 3. The first kappa shape index (κ1) is 15.2. The third-order valence-electron chi connectivity index (χ3n) is 2.33. The Hall–Kier alpha value is -0.790. The molecule has 0 bridgehead atoms. The summed E-state index contributed by atoms with van der Waals surface area (Å²) in [6.45, 7) is 4.74. The lowest BCUT2D eigenvalue weighted by Gasteiger charge is -2.11. The van der Waals surface area contributed by atoms with Gasteiger partial charge >= 0.3 is 0 Å². The van der Waals surface area contributed by atoms with E-state index in [4.69, 9.17) is 5.73 Å². The summed E-state index contributed by atoms with van der Waals surface area (Å²) in [5.41, 5.74) is 6.77. The summed E-state index contributed by atoms with van der Waals surface area (Å²) in [6, 6.07) is 0.361. The van der Waals surface area contributed by atoms with Gasteiger partial charge in [0.2, 0.25) is 0 Å². The predicted octanol–water partition coefficient (Wildman–Crippen LogP) is 1.24. The van der Waals surface area contributed by atoms with Gasteiger partial charge in [-0.3, -0.25) is 0 Å². The minimum atomic E-state index is 0. The van der Waals surface area contributed by atoms with Crippen LogP contribution < -0.4 is 11.1 Å². The first-order chi connectivity index (χ1) is 7.13. The third-order valence-corrected chi connectivity index (χ3v) is 2.33. The van der Waals surface area contributed by atoms with E-state index in [1.54, 1.807) is 12.5 Å². The van der Waals surface area contributed by atoms with Gasteiger partial charge in [0.25, 0.3) is 0 Å². The molecule has 1 atom stereocenters. The molecule has 0 radical (unpaired) electrons. The number of aliphatic imine (C=N–C) groups is 1. The Morgan fingerprint density at radius 3 is 2.88 bits per heavy atom. The highest BCUT2D eigenvalue weighted by Crippen LogP contribution is 1.97. The number of aryl methyl sites for hydroxylation is 1. The molecule has 0 aliphatic rings. The number of hydrogen-bond acceptors (Lipinski definition) is 2. The summed E-state index contributed by atoms with van der Waals surface area (Å²) in [5, 5.41) is 3.11. The number of nitrogens with one attached hydrogen (secondary N) is 1. The highest BCUT2D eigenvalue weighted by Gasteiger charge is 2.00. The van der Waals surface area contributed by atoms with Gasteiger partial charge in [0, 0.05) is 13.1 Å². The molecule has 0 spiro atoms. The van der Waals surface area contributed by atoms with E-state index in [9.17, 15) is 0 Å². The van der Waals surface area contributed by atoms with Gasteiger partial charge in [0.1, 0.15) is 0 Å². The van der Waals surface area contributed by atoms with E-state index in [-0.39, 0.29) is 24.0 Å². The quantitative estimate of drug-likeness (QED) is 0.494. The van der Waals surface area contributed by atoms with Crippen LogP contribution in [-0.4, -0.2) is 21.6 Å². The Morgan fingerprint density at radius 1 is 1.69 bits per heavy atom. The van der Waals surface area contributed by atoms with E-state index in [2.05, 4.69) is 29.1 Å². The average Bonchev–Trinajstić information content (AvgIpc) is 2.61. The summed E-state index contributed by atoms with van der Waals surface area (Å²) in [4.78, 5) is 8.25. The summed E-state index contributed by atoms with van der Waals surface area (Å²) in [6.07, 6.45) is 4.57. The number of imidazole rings is 1. The molecule has 0 saturated carbocycles. The van der Waals surface area contributed by atoms with Crippen molar-refractivity contribution in [3.8, 4) is 0 Å². The summed E-state index contributed by atoms with van der Waals surface area (Å²) in [5.74, 6) is 0.491. The normalized spacial score (nSPS) is 13.1. The van der Waals surface area contributed by atoms with Gasteiger partial charge in [-0.2, -0.15) is 0 Å². The van der Waals surface area contributed by atoms with Crippen molar-refractivity contribution in [3.05, 3.63) is 18.2 Å². The van der Waals surface area contributed by atoms with E-state index in [0.29, 0.717) is 18.5 Å². The number of rotatable bonds is 4. The lowest BCUT2D eigenvalue weighted by Crippen LogP contribution is -2.38. The molecule has 0 aromatic carbocycles. The highest BCUT2D eigenvalue weighted by atomic mass is 127. The Balaban J connectivity index is 0.00000225. The second-order valence-electron chi connectivity index (χ2n) is 3.65. The van der Waals surface area contributed by atoms with E-state index in [1.165, 1.54) is 0 Å². The molecular weight excluding hydrogens is 317 g/mol. The van der Waals surface area contributed by atoms with Crippen molar-refractivity contribution in [2.75, 3.05) is 0 Å². The minimum Gasteiger partial charge on any atom is -0.370 e. The minimum absolute atomic E-state index is 0. The maximum Gasteiger partial charge on any atom is 0.189 e. The molecular formula is C10H20IN5. The van der Waals surface area contributed by atoms with Gasteiger partial charge < -0.3 is 15.6 Å². The number of halogens is 1. The van der Waals surface area contributed by atoms with Gasteiger partial charge in [0.05, 0.1) is 24.8 Å². The molecule has 5 nitrogen and oxygen atoms in total. The van der Waals surface area contributed by atoms with Crippen molar-refractivity contribution >= 4 is 29.9 Å². The molecule has 6 heteroatoms. The summed E-state index contributed by atoms with van der Waals surface area (Å²) in [7, 11) is 1.94. The first-order valence-electron chi connectivity index (χ1n) is 5.15. The topological polar surface area (TPSA) is 68.2 Å². The van der Waals surface area contributed by atoms with Crippen molar-refractivity contribution in [2.24, 2.45) is 17.8 Å². The fourth-order valence-corrected chi connectivity index (χ4v) is 1.10. The molecule has 1 rings (SSSR count). The van der Waals surface area contributed by atoms with Gasteiger partial charge in [-0.25, -0.2) is 9.98 Å². The number of guanidine groups is 1. The van der Waals surface area contributed by atoms with E-state index >= 15 is 0 Å². The van der Waals surface area contributed by atoms with Crippen LogP contribution in [0.4, 0.5) is 0 Å². The molecule has 1 heterocycles. The van der Waals surface area contributed by atoms with Crippen molar-refractivity contribution in [3.63, 3.8) is 0 Å². The van der Waals surface area contributed by atoms with Crippen molar-refractivity contribution in [1.29, 1.82) is 0 Å². The molecule has 3 N–H and O–H groups in total. The van der Waals surface area contributed by atoms with Crippen molar-refractivity contribution in [1.82, 2.24) is 14.9 Å². The molecule has 0 aliphatic heterocycles. The van der Waals surface area contributed by atoms with Crippen molar-refractivity contribution < 1.29 is 0 Å². The fourth-order valence-electron chi connectivity index (χ4n) is 1.10. The largest absolute Gasteiger partial charge is 0.370 e. The summed E-state index contributed by atoms with van der Waals surface area (Å²) >= 11 is 0. The number of nitrogens with two attached hydrogens (primary N) is 1. The van der Waals surface area contributed by atoms with Crippen LogP contribution in [0.15, 0.2) is 17.5 Å². The SMILES string of the molecule is CCC(C)NC(N)=NCc1cncn1C.I. The van der Waals surface area contributed by atoms with E-state index < -0.39 is 0 Å². The van der Waals surface area contributed by atoms with Gasteiger partial charge in [-0.1, -0.05) is 6.92 Å². The molecule has 1 unspecified atom stereocenters. The van der Waals surface area contributed by atoms with Crippen molar-refractivity contribution in [2.45, 2.75) is 32.9 Å². The number of aromatic nitrogens is 2. The Bertz CT molecular complexity index is 334. The smallest absolute Gasteiger partial charge is 0.189 e. The van der Waals surface area contributed by atoms with Gasteiger partial charge in [-0.15, -0.1) is 24.0 Å². The molecule has 0 saturated heterocycles. The molecule has 0 amide bonds. The Kier molecular flexibility index (Phi) is 7.11. The van der Waals surface area contributed by atoms with Crippen LogP contribution in [0.1, 0.15) is 26.0 Å². The van der Waals surface area contributed by atoms with Crippen LogP contribution in [0.2, 0.25) is 0 Å².